The summed E-state index contributed by atoms with van der Waals surface area (Å²) in [6.45, 7) is 5.31. The van der Waals surface area contributed by atoms with Crippen molar-refractivity contribution in [2.24, 2.45) is 0 Å². The Bertz CT molecular complexity index is 537. The van der Waals surface area contributed by atoms with Gasteiger partial charge in [0.15, 0.2) is 0 Å². The van der Waals surface area contributed by atoms with Crippen LogP contribution in [0.15, 0.2) is 17.5 Å². The van der Waals surface area contributed by atoms with Crippen LogP contribution in [0.5, 0.6) is 0 Å². The van der Waals surface area contributed by atoms with E-state index in [4.69, 9.17) is 0 Å². The molecule has 21 heavy (non-hydrogen) atoms. The minimum absolute atomic E-state index is 0.0246. The maximum atomic E-state index is 11.9. The molecule has 1 N–H and O–H groups in total. The molecule has 2 rings (SSSR count). The molecule has 1 aromatic rings. The van der Waals surface area contributed by atoms with Crippen molar-refractivity contribution >= 4 is 23.2 Å². The second-order valence-electron chi connectivity index (χ2n) is 4.80. The lowest BCUT2D eigenvalue weighted by atomic mass is 10.3. The Morgan fingerprint density at radius 2 is 2.10 bits per heavy atom. The zero-order chi connectivity index (χ0) is 15.1. The van der Waals surface area contributed by atoms with Crippen molar-refractivity contribution in [1.29, 1.82) is 0 Å². The Morgan fingerprint density at radius 1 is 1.33 bits per heavy atom. The first-order chi connectivity index (χ1) is 10.2. The number of nitrogens with zero attached hydrogens (tertiary/aromatic N) is 2. The number of piperazine rings is 1. The van der Waals surface area contributed by atoms with E-state index in [2.05, 4.69) is 22.1 Å². The number of thiophene rings is 1. The molecule has 0 aromatic carbocycles. The molecule has 2 amide bonds. The van der Waals surface area contributed by atoms with Gasteiger partial charge in [0.05, 0.1) is 13.1 Å². The average molecular weight is 305 g/mol. The third-order valence-electron chi connectivity index (χ3n) is 3.30. The smallest absolute Gasteiger partial charge is 0.298 e. The van der Waals surface area contributed by atoms with Crippen LogP contribution in [-0.4, -0.2) is 54.3 Å². The van der Waals surface area contributed by atoms with Crippen molar-refractivity contribution in [3.05, 3.63) is 22.4 Å². The largest absolute Gasteiger partial charge is 0.350 e. The molecule has 0 atom stereocenters. The van der Waals surface area contributed by atoms with Gasteiger partial charge in [0.1, 0.15) is 0 Å². The second kappa shape index (κ2) is 7.81. The van der Waals surface area contributed by atoms with Gasteiger partial charge in [-0.05, 0) is 24.3 Å². The average Bonchev–Trinajstić information content (AvgIpc) is 2.99. The van der Waals surface area contributed by atoms with E-state index < -0.39 is 0 Å². The van der Waals surface area contributed by atoms with E-state index >= 15 is 0 Å². The Kier molecular flexibility index (Phi) is 5.78. The fraction of sp³-hybridized carbons (Fsp3) is 0.467. The van der Waals surface area contributed by atoms with Crippen LogP contribution >= 0.6 is 11.3 Å². The molecule has 1 aliphatic rings. The summed E-state index contributed by atoms with van der Waals surface area (Å²) in [5.74, 6) is 5.07. The number of carbonyl (C=O) groups is 2. The summed E-state index contributed by atoms with van der Waals surface area (Å²) in [6, 6.07) is 3.98. The third-order valence-corrected chi connectivity index (χ3v) is 4.17. The second-order valence-corrected chi connectivity index (χ2v) is 5.83. The quantitative estimate of drug-likeness (QED) is 0.826. The standard InChI is InChI=1S/C15H19N3O2S/c1-2-4-15(20)18-8-6-17(7-9-18)12-14(19)16-11-13-5-3-10-21-13/h3,5,10H,6-9,11-12H2,1H3,(H,16,19). The van der Waals surface area contributed by atoms with E-state index in [1.807, 2.05) is 17.5 Å². The molecule has 0 saturated carbocycles. The molecule has 5 nitrogen and oxygen atoms in total. The van der Waals surface area contributed by atoms with Gasteiger partial charge in [0, 0.05) is 31.1 Å². The van der Waals surface area contributed by atoms with Gasteiger partial charge in [-0.3, -0.25) is 14.5 Å². The van der Waals surface area contributed by atoms with E-state index in [0.29, 0.717) is 39.3 Å². The van der Waals surface area contributed by atoms with Crippen molar-refractivity contribution in [3.8, 4) is 11.8 Å². The summed E-state index contributed by atoms with van der Waals surface area (Å²) in [5, 5.41) is 4.91. The van der Waals surface area contributed by atoms with Gasteiger partial charge >= 0.3 is 0 Å². The lowest BCUT2D eigenvalue weighted by Crippen LogP contribution is -2.50. The summed E-state index contributed by atoms with van der Waals surface area (Å²) < 4.78 is 0. The highest BCUT2D eigenvalue weighted by Gasteiger charge is 2.21. The van der Waals surface area contributed by atoms with Gasteiger partial charge in [0.2, 0.25) is 5.91 Å². The molecule has 1 aliphatic heterocycles. The third kappa shape index (κ3) is 4.88. The highest BCUT2D eigenvalue weighted by molar-refractivity contribution is 7.09. The maximum absolute atomic E-state index is 11.9. The summed E-state index contributed by atoms with van der Waals surface area (Å²) in [6.07, 6.45) is 0. The van der Waals surface area contributed by atoms with Crippen LogP contribution in [0.1, 0.15) is 11.8 Å². The normalized spacial score (nSPS) is 15.2. The topological polar surface area (TPSA) is 52.7 Å². The van der Waals surface area contributed by atoms with Gasteiger partial charge < -0.3 is 10.2 Å². The first-order valence-corrected chi connectivity index (χ1v) is 7.80. The van der Waals surface area contributed by atoms with Gasteiger partial charge in [-0.1, -0.05) is 12.0 Å². The van der Waals surface area contributed by atoms with Gasteiger partial charge in [-0.2, -0.15) is 0 Å². The van der Waals surface area contributed by atoms with Crippen LogP contribution in [-0.2, 0) is 16.1 Å². The van der Waals surface area contributed by atoms with E-state index in [0.717, 1.165) is 4.88 Å². The molecule has 2 heterocycles. The minimum atomic E-state index is -0.126. The van der Waals surface area contributed by atoms with Crippen molar-refractivity contribution in [2.75, 3.05) is 32.7 Å². The fourth-order valence-corrected chi connectivity index (χ4v) is 2.80. The van der Waals surface area contributed by atoms with Crippen molar-refractivity contribution < 1.29 is 9.59 Å². The number of hydrogen-bond donors (Lipinski definition) is 1. The van der Waals surface area contributed by atoms with Gasteiger partial charge in [-0.25, -0.2) is 0 Å². The molecule has 0 unspecified atom stereocenters. The van der Waals surface area contributed by atoms with Crippen LogP contribution in [0.25, 0.3) is 0 Å². The van der Waals surface area contributed by atoms with E-state index in [1.54, 1.807) is 23.2 Å². The number of amides is 2. The monoisotopic (exact) mass is 305 g/mol. The maximum Gasteiger partial charge on any atom is 0.298 e. The molecule has 1 aromatic heterocycles. The molecule has 1 saturated heterocycles. The fourth-order valence-electron chi connectivity index (χ4n) is 2.15. The van der Waals surface area contributed by atoms with Crippen molar-refractivity contribution in [2.45, 2.75) is 13.5 Å². The van der Waals surface area contributed by atoms with E-state index in [-0.39, 0.29) is 11.8 Å². The summed E-state index contributed by atoms with van der Waals surface area (Å²) in [7, 11) is 0. The summed E-state index contributed by atoms with van der Waals surface area (Å²) in [4.78, 5) is 28.4. The number of carbonyl (C=O) groups excluding carboxylic acids is 2. The molecule has 0 bridgehead atoms. The predicted octanol–water partition coefficient (Wildman–Crippen LogP) is 0.532. The molecule has 0 spiro atoms. The SMILES string of the molecule is CC#CC(=O)N1CCN(CC(=O)NCc2cccs2)CC1. The lowest BCUT2D eigenvalue weighted by Gasteiger charge is -2.33. The molecular formula is C15H19N3O2S. The molecule has 0 radical (unpaired) electrons. The number of nitrogens with one attached hydrogen (secondary N) is 1. The Hall–Kier alpha value is -1.84. The Labute approximate surface area is 128 Å². The van der Waals surface area contributed by atoms with E-state index in [9.17, 15) is 9.59 Å². The Balaban J connectivity index is 1.69. The number of rotatable bonds is 4. The first-order valence-electron chi connectivity index (χ1n) is 6.92. The van der Waals surface area contributed by atoms with Crippen LogP contribution in [0.2, 0.25) is 0 Å². The van der Waals surface area contributed by atoms with Crippen LogP contribution in [0.3, 0.4) is 0 Å². The molecule has 112 valence electrons. The zero-order valence-electron chi connectivity index (χ0n) is 12.1. The van der Waals surface area contributed by atoms with Crippen LogP contribution < -0.4 is 5.32 Å². The minimum Gasteiger partial charge on any atom is -0.350 e. The van der Waals surface area contributed by atoms with E-state index in [1.165, 1.54) is 0 Å². The summed E-state index contributed by atoms with van der Waals surface area (Å²) >= 11 is 1.63. The number of hydrogen-bond acceptors (Lipinski definition) is 4. The Morgan fingerprint density at radius 3 is 2.71 bits per heavy atom. The first kappa shape index (κ1) is 15.5. The molecular weight excluding hydrogens is 286 g/mol. The summed E-state index contributed by atoms with van der Waals surface area (Å²) in [5.41, 5.74) is 0. The predicted molar refractivity (Wildman–Crippen MR) is 82.6 cm³/mol. The van der Waals surface area contributed by atoms with Crippen molar-refractivity contribution in [1.82, 2.24) is 15.1 Å². The van der Waals surface area contributed by atoms with Crippen molar-refractivity contribution in [3.63, 3.8) is 0 Å². The molecule has 1 fully saturated rings. The molecule has 6 heteroatoms. The zero-order valence-corrected chi connectivity index (χ0v) is 12.9. The van der Waals surface area contributed by atoms with Gasteiger partial charge in [-0.15, -0.1) is 11.3 Å². The van der Waals surface area contributed by atoms with Crippen LogP contribution in [0, 0.1) is 11.8 Å². The van der Waals surface area contributed by atoms with Gasteiger partial charge in [0.25, 0.3) is 5.91 Å². The highest BCUT2D eigenvalue weighted by atomic mass is 32.1. The van der Waals surface area contributed by atoms with Crippen LogP contribution in [0.4, 0.5) is 0 Å². The highest BCUT2D eigenvalue weighted by Crippen LogP contribution is 2.07. The lowest BCUT2D eigenvalue weighted by molar-refractivity contribution is -0.127. The molecule has 0 aliphatic carbocycles.